The molecule has 180 valence electrons. The van der Waals surface area contributed by atoms with Crippen LogP contribution in [0, 0.1) is 17.6 Å². The maximum Gasteiger partial charge on any atom is 0.223 e. The van der Waals surface area contributed by atoms with E-state index in [2.05, 4.69) is 10.0 Å². The molecule has 3 aromatic carbocycles. The van der Waals surface area contributed by atoms with E-state index in [9.17, 15) is 23.2 Å². The summed E-state index contributed by atoms with van der Waals surface area (Å²) in [6.07, 6.45) is -0.505. The number of aliphatic hydroxyl groups is 1. The quantitative estimate of drug-likeness (QED) is 0.245. The molecule has 0 bridgehead atoms. The number of halogens is 2. The predicted octanol–water partition coefficient (Wildman–Crippen LogP) is 3.09. The van der Waals surface area contributed by atoms with Crippen molar-refractivity contribution in [3.8, 4) is 0 Å². The summed E-state index contributed by atoms with van der Waals surface area (Å²) in [5.41, 5.74) is 7.25. The zero-order chi connectivity index (χ0) is 24.5. The number of rotatable bonds is 11. The molecule has 5 N–H and O–H groups in total. The average molecular weight is 488 g/mol. The zero-order valence-electron chi connectivity index (χ0n) is 18.4. The standard InChI is InChI=1S/C25H27F2N3O3S/c26-20-7-6-18(24(27)14-20)15-29-25(32)19(12-17-4-2-1-3-5-17)13-22(31)16-30-34(33)23-10-8-21(28)9-11-23/h1-11,14,19,22,30-31H,12-13,15-16,28H2,(H,29,32)/t19-,22-,34?/m0/s1. The van der Waals surface area contributed by atoms with Crippen molar-refractivity contribution in [1.82, 2.24) is 10.0 Å². The van der Waals surface area contributed by atoms with Gasteiger partial charge in [0, 0.05) is 29.8 Å². The van der Waals surface area contributed by atoms with Crippen molar-refractivity contribution in [3.63, 3.8) is 0 Å². The number of anilines is 1. The van der Waals surface area contributed by atoms with Gasteiger partial charge in [-0.2, -0.15) is 0 Å². The highest BCUT2D eigenvalue weighted by atomic mass is 32.2. The minimum Gasteiger partial charge on any atom is -0.593 e. The van der Waals surface area contributed by atoms with E-state index in [1.54, 1.807) is 24.3 Å². The molecule has 1 unspecified atom stereocenters. The summed E-state index contributed by atoms with van der Waals surface area (Å²) < 4.78 is 42.2. The second kappa shape index (κ2) is 12.5. The van der Waals surface area contributed by atoms with Gasteiger partial charge < -0.3 is 20.7 Å². The van der Waals surface area contributed by atoms with Crippen LogP contribution in [0.25, 0.3) is 0 Å². The Bertz CT molecular complexity index is 1070. The van der Waals surface area contributed by atoms with Gasteiger partial charge in [0.05, 0.1) is 24.0 Å². The summed E-state index contributed by atoms with van der Waals surface area (Å²) in [5, 5.41) is 13.2. The maximum atomic E-state index is 13.9. The number of hydrogen-bond donors (Lipinski definition) is 4. The van der Waals surface area contributed by atoms with Gasteiger partial charge in [-0.05, 0) is 48.7 Å². The van der Waals surface area contributed by atoms with Gasteiger partial charge in [-0.15, -0.1) is 4.72 Å². The van der Waals surface area contributed by atoms with E-state index in [0.717, 1.165) is 17.7 Å². The Kier molecular flexibility index (Phi) is 9.41. The number of amides is 1. The Morgan fingerprint density at radius 1 is 1.06 bits per heavy atom. The fraction of sp³-hybridized carbons (Fsp3) is 0.240. The normalized spacial score (nSPS) is 13.8. The van der Waals surface area contributed by atoms with Crippen molar-refractivity contribution in [1.29, 1.82) is 0 Å². The molecular formula is C25H27F2N3O3S. The lowest BCUT2D eigenvalue weighted by Gasteiger charge is -2.21. The van der Waals surface area contributed by atoms with E-state index in [0.29, 0.717) is 17.0 Å². The second-order valence-corrected chi connectivity index (χ2v) is 9.21. The van der Waals surface area contributed by atoms with Gasteiger partial charge in [0.25, 0.3) is 0 Å². The van der Waals surface area contributed by atoms with Gasteiger partial charge in [-0.25, -0.2) is 8.78 Å². The molecule has 0 saturated heterocycles. The van der Waals surface area contributed by atoms with E-state index < -0.39 is 35.0 Å². The Morgan fingerprint density at radius 2 is 1.76 bits per heavy atom. The van der Waals surface area contributed by atoms with Gasteiger partial charge in [0.2, 0.25) is 5.91 Å². The number of benzene rings is 3. The van der Waals surface area contributed by atoms with Crippen LogP contribution >= 0.6 is 0 Å². The van der Waals surface area contributed by atoms with Crippen LogP contribution in [0.2, 0.25) is 0 Å². The number of nitrogen functional groups attached to an aromatic ring is 1. The Labute approximate surface area is 200 Å². The van der Waals surface area contributed by atoms with E-state index in [4.69, 9.17) is 5.73 Å². The van der Waals surface area contributed by atoms with E-state index in [1.165, 1.54) is 6.07 Å². The Hall–Kier alpha value is -2.98. The van der Waals surface area contributed by atoms with Crippen molar-refractivity contribution in [2.24, 2.45) is 5.92 Å². The second-order valence-electron chi connectivity index (χ2n) is 7.92. The van der Waals surface area contributed by atoms with Gasteiger partial charge in [0.15, 0.2) is 4.90 Å². The van der Waals surface area contributed by atoms with Crippen molar-refractivity contribution in [2.75, 3.05) is 12.3 Å². The highest BCUT2D eigenvalue weighted by Gasteiger charge is 2.24. The molecule has 0 spiro atoms. The average Bonchev–Trinajstić information content (AvgIpc) is 2.82. The topological polar surface area (TPSA) is 110 Å². The number of hydrogen-bond acceptors (Lipinski definition) is 5. The summed E-state index contributed by atoms with van der Waals surface area (Å²) in [4.78, 5) is 13.4. The summed E-state index contributed by atoms with van der Waals surface area (Å²) in [6.45, 7) is -0.103. The summed E-state index contributed by atoms with van der Waals surface area (Å²) in [6, 6.07) is 19.0. The number of carbonyl (C=O) groups excluding carboxylic acids is 1. The smallest absolute Gasteiger partial charge is 0.223 e. The van der Waals surface area contributed by atoms with Crippen LogP contribution in [0.5, 0.6) is 0 Å². The number of carbonyl (C=O) groups is 1. The molecule has 0 aliphatic carbocycles. The maximum absolute atomic E-state index is 13.9. The predicted molar refractivity (Wildman–Crippen MR) is 128 cm³/mol. The molecule has 0 aliphatic heterocycles. The van der Waals surface area contributed by atoms with Crippen molar-refractivity contribution >= 4 is 23.0 Å². The van der Waals surface area contributed by atoms with E-state index in [-0.39, 0.29) is 31.0 Å². The Balaban J connectivity index is 1.60. The summed E-state index contributed by atoms with van der Waals surface area (Å²) in [7, 11) is 0. The fourth-order valence-electron chi connectivity index (χ4n) is 3.43. The molecule has 0 radical (unpaired) electrons. The van der Waals surface area contributed by atoms with Crippen LogP contribution in [0.4, 0.5) is 14.5 Å². The SMILES string of the molecule is Nc1ccc([S+]([O-])NC[C@@H](O)C[C@H](Cc2ccccc2)C(=O)NCc2ccc(F)cc2F)cc1. The van der Waals surface area contributed by atoms with Gasteiger partial charge in [0.1, 0.15) is 11.6 Å². The largest absolute Gasteiger partial charge is 0.593 e. The lowest BCUT2D eigenvalue weighted by molar-refractivity contribution is -0.126. The molecule has 3 rings (SSSR count). The van der Waals surface area contributed by atoms with E-state index >= 15 is 0 Å². The third kappa shape index (κ3) is 7.81. The van der Waals surface area contributed by atoms with Crippen LogP contribution in [-0.4, -0.2) is 28.2 Å². The number of nitrogens with two attached hydrogens (primary N) is 1. The minimum atomic E-state index is -1.55. The first kappa shape index (κ1) is 25.6. The molecule has 1 amide bonds. The van der Waals surface area contributed by atoms with Gasteiger partial charge in [-0.3, -0.25) is 4.79 Å². The number of aliphatic hydroxyl groups excluding tert-OH is 1. The first-order valence-electron chi connectivity index (χ1n) is 10.8. The highest BCUT2D eigenvalue weighted by Crippen LogP contribution is 2.17. The highest BCUT2D eigenvalue weighted by molar-refractivity contribution is 7.89. The van der Waals surface area contributed by atoms with Crippen LogP contribution in [0.1, 0.15) is 17.5 Å². The van der Waals surface area contributed by atoms with Crippen LogP contribution in [0.3, 0.4) is 0 Å². The van der Waals surface area contributed by atoms with Crippen molar-refractivity contribution in [3.05, 3.63) is 95.6 Å². The monoisotopic (exact) mass is 487 g/mol. The molecule has 34 heavy (non-hydrogen) atoms. The molecule has 0 saturated carbocycles. The van der Waals surface area contributed by atoms with E-state index in [1.807, 2.05) is 30.3 Å². The van der Waals surface area contributed by atoms with Gasteiger partial charge >= 0.3 is 0 Å². The van der Waals surface area contributed by atoms with Crippen molar-refractivity contribution < 1.29 is 23.2 Å². The van der Waals surface area contributed by atoms with Crippen LogP contribution in [0.15, 0.2) is 77.7 Å². The number of nitrogens with one attached hydrogen (secondary N) is 2. The fourth-order valence-corrected chi connectivity index (χ4v) is 4.33. The molecule has 0 aromatic heterocycles. The third-order valence-corrected chi connectivity index (χ3v) is 6.39. The lowest BCUT2D eigenvalue weighted by Crippen LogP contribution is -2.38. The first-order chi connectivity index (χ1) is 16.3. The molecule has 0 heterocycles. The van der Waals surface area contributed by atoms with Crippen molar-refractivity contribution in [2.45, 2.75) is 30.4 Å². The first-order valence-corrected chi connectivity index (χ1v) is 11.9. The molecule has 6 nitrogen and oxygen atoms in total. The Morgan fingerprint density at radius 3 is 2.44 bits per heavy atom. The molecule has 9 heteroatoms. The molecule has 0 aliphatic rings. The van der Waals surface area contributed by atoms with Crippen LogP contribution in [-0.2, 0) is 29.1 Å². The molecule has 3 atom stereocenters. The molecule has 0 fully saturated rings. The van der Waals surface area contributed by atoms with Crippen LogP contribution < -0.4 is 15.8 Å². The lowest BCUT2D eigenvalue weighted by atomic mass is 9.92. The zero-order valence-corrected chi connectivity index (χ0v) is 19.2. The third-order valence-electron chi connectivity index (χ3n) is 5.26. The minimum absolute atomic E-state index is 0.00213. The molecular weight excluding hydrogens is 460 g/mol. The summed E-state index contributed by atoms with van der Waals surface area (Å²) >= 11 is -1.55. The van der Waals surface area contributed by atoms with Gasteiger partial charge in [-0.1, -0.05) is 36.4 Å². The summed E-state index contributed by atoms with van der Waals surface area (Å²) in [5.74, 6) is -2.42. The molecule has 3 aromatic rings.